The maximum Gasteiger partial charge on any atom is 0.236 e. The van der Waals surface area contributed by atoms with Gasteiger partial charge in [0.2, 0.25) is 11.0 Å². The van der Waals surface area contributed by atoms with E-state index in [2.05, 4.69) is 35.7 Å². The van der Waals surface area contributed by atoms with Gasteiger partial charge in [-0.1, -0.05) is 41.8 Å². The van der Waals surface area contributed by atoms with Crippen molar-refractivity contribution in [1.29, 1.82) is 0 Å². The highest BCUT2D eigenvalue weighted by Crippen LogP contribution is 2.25. The normalized spacial score (nSPS) is 11.1. The molecule has 13 heteroatoms. The highest BCUT2D eigenvalue weighted by molar-refractivity contribution is 7.99. The molecule has 0 aliphatic heterocycles. The van der Waals surface area contributed by atoms with Crippen LogP contribution in [0.15, 0.2) is 39.2 Å². The average molecular weight is 503 g/mol. The predicted molar refractivity (Wildman–Crippen MR) is 128 cm³/mol. The molecule has 0 aromatic carbocycles. The number of nitrogens with zero attached hydrogens (tertiary/aromatic N) is 7. The van der Waals surface area contributed by atoms with Crippen molar-refractivity contribution >= 4 is 45.9 Å². The zero-order valence-electron chi connectivity index (χ0n) is 18.3. The van der Waals surface area contributed by atoms with Crippen LogP contribution in [0.1, 0.15) is 34.9 Å². The third kappa shape index (κ3) is 6.39. The molecular formula is C20H22N8O2S3. The van der Waals surface area contributed by atoms with E-state index in [0.29, 0.717) is 27.7 Å². The van der Waals surface area contributed by atoms with Crippen LogP contribution in [0.3, 0.4) is 0 Å². The van der Waals surface area contributed by atoms with Crippen LogP contribution in [-0.2, 0) is 23.5 Å². The topological polar surface area (TPSA) is 125 Å². The van der Waals surface area contributed by atoms with Gasteiger partial charge in [0, 0.05) is 11.4 Å². The average Bonchev–Trinajstić information content (AvgIpc) is 3.53. The molecule has 0 spiro atoms. The number of anilines is 1. The van der Waals surface area contributed by atoms with Crippen molar-refractivity contribution in [2.45, 2.75) is 49.8 Å². The van der Waals surface area contributed by atoms with Gasteiger partial charge in [0.05, 0.1) is 24.3 Å². The smallest absolute Gasteiger partial charge is 0.236 e. The lowest BCUT2D eigenvalue weighted by Crippen LogP contribution is -2.15. The highest BCUT2D eigenvalue weighted by Gasteiger charge is 2.17. The fourth-order valence-corrected chi connectivity index (χ4v) is 5.21. The fraction of sp³-hybridized carbons (Fsp3) is 0.350. The summed E-state index contributed by atoms with van der Waals surface area (Å²) in [7, 11) is 0. The molecule has 0 aliphatic rings. The van der Waals surface area contributed by atoms with E-state index in [1.807, 2.05) is 43.5 Å². The Hall–Kier alpha value is -2.77. The number of carbonyl (C=O) groups excluding carboxylic acids is 1. The second-order valence-corrected chi connectivity index (χ2v) is 9.92. The molecule has 4 aromatic rings. The molecule has 0 saturated carbocycles. The van der Waals surface area contributed by atoms with Crippen LogP contribution in [0.5, 0.6) is 0 Å². The van der Waals surface area contributed by atoms with Gasteiger partial charge in [0.1, 0.15) is 16.6 Å². The van der Waals surface area contributed by atoms with E-state index in [1.54, 1.807) is 6.26 Å². The van der Waals surface area contributed by atoms with Crippen LogP contribution in [0.25, 0.3) is 0 Å². The van der Waals surface area contributed by atoms with Crippen molar-refractivity contribution in [3.8, 4) is 0 Å². The Labute approximate surface area is 203 Å². The second-order valence-electron chi connectivity index (χ2n) is 6.98. The first-order valence-corrected chi connectivity index (χ1v) is 12.9. The maximum atomic E-state index is 12.4. The highest BCUT2D eigenvalue weighted by atomic mass is 32.2. The molecular weight excluding hydrogens is 480 g/mol. The van der Waals surface area contributed by atoms with Crippen LogP contribution < -0.4 is 5.32 Å². The largest absolute Gasteiger partial charge is 0.467 e. The SMILES string of the molecule is CCc1nnc(NC(=O)CSc2nnc(CSc3nc(C)cc(C)n3)n2Cc2ccco2)s1. The van der Waals surface area contributed by atoms with Gasteiger partial charge in [-0.3, -0.25) is 14.7 Å². The minimum absolute atomic E-state index is 0.171. The number of furan rings is 1. The number of nitrogens with one attached hydrogen (secondary N) is 1. The summed E-state index contributed by atoms with van der Waals surface area (Å²) in [4.78, 5) is 21.4. The lowest BCUT2D eigenvalue weighted by molar-refractivity contribution is -0.113. The summed E-state index contributed by atoms with van der Waals surface area (Å²) < 4.78 is 7.47. The van der Waals surface area contributed by atoms with Crippen molar-refractivity contribution in [2.24, 2.45) is 0 Å². The number of carbonyl (C=O) groups is 1. The molecule has 0 bridgehead atoms. The summed E-state index contributed by atoms with van der Waals surface area (Å²) in [5.74, 6) is 2.05. The van der Waals surface area contributed by atoms with E-state index in [-0.39, 0.29) is 11.7 Å². The number of aromatic nitrogens is 7. The molecule has 0 fully saturated rings. The molecule has 4 heterocycles. The zero-order chi connectivity index (χ0) is 23.2. The maximum absolute atomic E-state index is 12.4. The predicted octanol–water partition coefficient (Wildman–Crippen LogP) is 3.76. The van der Waals surface area contributed by atoms with E-state index in [0.717, 1.165) is 34.4 Å². The number of rotatable bonds is 10. The number of thioether (sulfide) groups is 2. The van der Waals surface area contributed by atoms with Gasteiger partial charge < -0.3 is 4.42 Å². The summed E-state index contributed by atoms with van der Waals surface area (Å²) in [5.41, 5.74) is 1.84. The van der Waals surface area contributed by atoms with Gasteiger partial charge in [0.25, 0.3) is 0 Å². The molecule has 0 unspecified atom stereocenters. The monoisotopic (exact) mass is 502 g/mol. The molecule has 172 valence electrons. The number of hydrogen-bond acceptors (Lipinski definition) is 11. The second kappa shape index (κ2) is 10.9. The van der Waals surface area contributed by atoms with Gasteiger partial charge in [-0.05, 0) is 38.5 Å². The Kier molecular flexibility index (Phi) is 7.73. The van der Waals surface area contributed by atoms with E-state index in [4.69, 9.17) is 4.42 Å². The molecule has 0 radical (unpaired) electrons. The molecule has 0 saturated heterocycles. The first kappa shape index (κ1) is 23.4. The summed E-state index contributed by atoms with van der Waals surface area (Å²) in [6, 6.07) is 5.67. The van der Waals surface area contributed by atoms with Crippen molar-refractivity contribution in [3.63, 3.8) is 0 Å². The van der Waals surface area contributed by atoms with Gasteiger partial charge in [-0.25, -0.2) is 9.97 Å². The van der Waals surface area contributed by atoms with Crippen molar-refractivity contribution in [1.82, 2.24) is 34.9 Å². The molecule has 1 amide bonds. The molecule has 33 heavy (non-hydrogen) atoms. The Bertz CT molecular complexity index is 1200. The Morgan fingerprint density at radius 1 is 1.15 bits per heavy atom. The summed E-state index contributed by atoms with van der Waals surface area (Å²) in [6.07, 6.45) is 2.41. The molecule has 1 N–H and O–H groups in total. The number of aryl methyl sites for hydroxylation is 3. The van der Waals surface area contributed by atoms with Crippen molar-refractivity contribution in [3.05, 3.63) is 52.4 Å². The summed E-state index contributed by atoms with van der Waals surface area (Å²) in [6.45, 7) is 6.35. The van der Waals surface area contributed by atoms with Gasteiger partial charge >= 0.3 is 0 Å². The van der Waals surface area contributed by atoms with Crippen molar-refractivity contribution < 1.29 is 9.21 Å². The van der Waals surface area contributed by atoms with Crippen LogP contribution in [0, 0.1) is 13.8 Å². The Balaban J connectivity index is 1.45. The molecule has 0 aliphatic carbocycles. The zero-order valence-corrected chi connectivity index (χ0v) is 20.8. The van der Waals surface area contributed by atoms with E-state index >= 15 is 0 Å². The summed E-state index contributed by atoms with van der Waals surface area (Å²) >= 11 is 4.18. The lowest BCUT2D eigenvalue weighted by Gasteiger charge is -2.09. The quantitative estimate of drug-likeness (QED) is 0.253. The fourth-order valence-electron chi connectivity index (χ4n) is 2.87. The molecule has 4 aromatic heterocycles. The van der Waals surface area contributed by atoms with Crippen molar-refractivity contribution in [2.75, 3.05) is 11.1 Å². The van der Waals surface area contributed by atoms with Crippen LogP contribution in [0.2, 0.25) is 0 Å². The molecule has 10 nitrogen and oxygen atoms in total. The Morgan fingerprint density at radius 3 is 2.67 bits per heavy atom. The first-order chi connectivity index (χ1) is 16.0. The minimum atomic E-state index is -0.175. The van der Waals surface area contributed by atoms with Gasteiger partial charge in [-0.15, -0.1) is 20.4 Å². The third-order valence-electron chi connectivity index (χ3n) is 4.33. The minimum Gasteiger partial charge on any atom is -0.467 e. The van der Waals surface area contributed by atoms with E-state index < -0.39 is 0 Å². The van der Waals surface area contributed by atoms with Crippen LogP contribution in [0.4, 0.5) is 5.13 Å². The van der Waals surface area contributed by atoms with Gasteiger partial charge in [0.15, 0.2) is 10.3 Å². The number of amides is 1. The molecule has 4 rings (SSSR count). The lowest BCUT2D eigenvalue weighted by atomic mass is 10.4. The van der Waals surface area contributed by atoms with Gasteiger partial charge in [-0.2, -0.15) is 0 Å². The Morgan fingerprint density at radius 2 is 1.97 bits per heavy atom. The standard InChI is InChI=1S/C20H22N8O2S3/c1-4-17-25-26-19(33-17)23-16(29)11-32-20-27-24-15(28(20)9-14-6-5-7-30-14)10-31-18-21-12(2)8-13(3)22-18/h5-8H,4,9-11H2,1-3H3,(H,23,26,29). The first-order valence-electron chi connectivity index (χ1n) is 10.1. The van der Waals surface area contributed by atoms with E-state index in [1.165, 1.54) is 34.9 Å². The number of hydrogen-bond donors (Lipinski definition) is 1. The summed E-state index contributed by atoms with van der Waals surface area (Å²) in [5, 5.41) is 22.2. The van der Waals surface area contributed by atoms with E-state index in [9.17, 15) is 4.79 Å². The van der Waals surface area contributed by atoms with Crippen LogP contribution in [-0.4, -0.2) is 46.6 Å². The third-order valence-corrected chi connectivity index (χ3v) is 7.12. The van der Waals surface area contributed by atoms with Crippen LogP contribution >= 0.6 is 34.9 Å². The molecule has 0 atom stereocenters.